The Morgan fingerprint density at radius 3 is 2.24 bits per heavy atom. The molecule has 0 aromatic heterocycles. The topological polar surface area (TPSA) is 90.4 Å². The first-order valence-electron chi connectivity index (χ1n) is 9.95. The summed E-state index contributed by atoms with van der Waals surface area (Å²) in [4.78, 5) is 40.9. The number of carboxylic acids is 1. The first kappa shape index (κ1) is 21.1. The number of ether oxygens (including phenoxy) is 1. The van der Waals surface area contributed by atoms with Crippen LogP contribution >= 0.6 is 0 Å². The molecule has 2 amide bonds. The highest BCUT2D eigenvalue weighted by Gasteiger charge is 2.35. The zero-order valence-corrected chi connectivity index (χ0v) is 17.3. The lowest BCUT2D eigenvalue weighted by atomic mass is 10.1. The average molecular weight is 403 g/mol. The van der Waals surface area contributed by atoms with Crippen LogP contribution in [0.15, 0.2) is 24.3 Å². The van der Waals surface area contributed by atoms with Crippen molar-refractivity contribution >= 4 is 23.7 Å². The van der Waals surface area contributed by atoms with Gasteiger partial charge in [0.05, 0.1) is 5.92 Å². The number of aliphatic carboxylic acids is 1. The van der Waals surface area contributed by atoms with Crippen molar-refractivity contribution in [3.05, 3.63) is 29.8 Å². The minimum Gasteiger partial charge on any atom is -0.481 e. The van der Waals surface area contributed by atoms with E-state index in [0.717, 1.165) is 30.9 Å². The molecule has 0 aliphatic carbocycles. The van der Waals surface area contributed by atoms with Gasteiger partial charge >= 0.3 is 12.1 Å². The van der Waals surface area contributed by atoms with Crippen LogP contribution in [0.4, 0.5) is 10.5 Å². The molecule has 0 bridgehead atoms. The second-order valence-electron chi connectivity index (χ2n) is 8.65. The van der Waals surface area contributed by atoms with E-state index in [4.69, 9.17) is 9.84 Å². The van der Waals surface area contributed by atoms with Crippen molar-refractivity contribution in [3.63, 3.8) is 0 Å². The average Bonchev–Trinajstić information content (AvgIpc) is 3.04. The quantitative estimate of drug-likeness (QED) is 0.829. The van der Waals surface area contributed by atoms with Gasteiger partial charge in [0.1, 0.15) is 5.60 Å². The second-order valence-corrected chi connectivity index (χ2v) is 8.65. The molecule has 158 valence electrons. The Bertz CT molecular complexity index is 764. The molecule has 2 aliphatic heterocycles. The lowest BCUT2D eigenvalue weighted by Gasteiger charge is -2.35. The molecule has 8 heteroatoms. The number of carbonyl (C=O) groups is 3. The fourth-order valence-corrected chi connectivity index (χ4v) is 3.58. The van der Waals surface area contributed by atoms with Crippen molar-refractivity contribution < 1.29 is 24.2 Å². The molecule has 1 aromatic carbocycles. The maximum Gasteiger partial charge on any atom is 0.410 e. The van der Waals surface area contributed by atoms with Gasteiger partial charge in [-0.1, -0.05) is 12.1 Å². The third-order valence-corrected chi connectivity index (χ3v) is 5.15. The van der Waals surface area contributed by atoms with Crippen molar-refractivity contribution in [3.8, 4) is 0 Å². The van der Waals surface area contributed by atoms with Crippen molar-refractivity contribution in [1.82, 2.24) is 9.80 Å². The van der Waals surface area contributed by atoms with Crippen molar-refractivity contribution in [2.45, 2.75) is 39.3 Å². The molecule has 2 aliphatic rings. The summed E-state index contributed by atoms with van der Waals surface area (Å²) in [6, 6.07) is 7.68. The number of nitrogens with zero attached hydrogens (tertiary/aromatic N) is 3. The number of piperazine rings is 1. The van der Waals surface area contributed by atoms with Crippen LogP contribution in [0.5, 0.6) is 0 Å². The molecule has 0 saturated carbocycles. The van der Waals surface area contributed by atoms with E-state index >= 15 is 0 Å². The van der Waals surface area contributed by atoms with Crippen molar-refractivity contribution in [1.29, 1.82) is 0 Å². The Balaban J connectivity index is 1.50. The largest absolute Gasteiger partial charge is 0.481 e. The molecule has 3 rings (SSSR count). The molecular formula is C21H29N3O5. The van der Waals surface area contributed by atoms with Crippen LogP contribution in [-0.4, -0.2) is 71.2 Å². The Morgan fingerprint density at radius 2 is 1.72 bits per heavy atom. The summed E-state index contributed by atoms with van der Waals surface area (Å²) in [5, 5.41) is 9.11. The van der Waals surface area contributed by atoms with Crippen LogP contribution in [0.25, 0.3) is 0 Å². The van der Waals surface area contributed by atoms with Gasteiger partial charge in [0.25, 0.3) is 0 Å². The Kier molecular flexibility index (Phi) is 6.12. The lowest BCUT2D eigenvalue weighted by molar-refractivity contribution is -0.141. The molecule has 8 nitrogen and oxygen atoms in total. The van der Waals surface area contributed by atoms with E-state index in [1.165, 1.54) is 0 Å². The molecule has 29 heavy (non-hydrogen) atoms. The number of benzene rings is 1. The highest BCUT2D eigenvalue weighted by molar-refractivity contribution is 5.99. The van der Waals surface area contributed by atoms with E-state index in [0.29, 0.717) is 13.1 Å². The summed E-state index contributed by atoms with van der Waals surface area (Å²) in [5.41, 5.74) is 1.36. The fourth-order valence-electron chi connectivity index (χ4n) is 3.58. The van der Waals surface area contributed by atoms with Crippen LogP contribution in [0.1, 0.15) is 32.8 Å². The van der Waals surface area contributed by atoms with E-state index in [1.807, 2.05) is 45.0 Å². The highest BCUT2D eigenvalue weighted by atomic mass is 16.6. The highest BCUT2D eigenvalue weighted by Crippen LogP contribution is 2.26. The fraction of sp³-hybridized carbons (Fsp3) is 0.571. The van der Waals surface area contributed by atoms with Crippen LogP contribution < -0.4 is 4.90 Å². The van der Waals surface area contributed by atoms with E-state index in [-0.39, 0.29) is 25.0 Å². The summed E-state index contributed by atoms with van der Waals surface area (Å²) in [5.74, 6) is -1.71. The maximum absolute atomic E-state index is 12.2. The first-order valence-corrected chi connectivity index (χ1v) is 9.95. The van der Waals surface area contributed by atoms with E-state index < -0.39 is 17.5 Å². The SMILES string of the molecule is CC(C)(C)OC(=O)N1CCN(Cc2ccc(N3CC(C(=O)O)CC3=O)cc2)CC1. The van der Waals surface area contributed by atoms with Crippen molar-refractivity contribution in [2.75, 3.05) is 37.6 Å². The Morgan fingerprint density at radius 1 is 1.10 bits per heavy atom. The minimum atomic E-state index is -0.928. The van der Waals surface area contributed by atoms with E-state index in [1.54, 1.807) is 9.80 Å². The van der Waals surface area contributed by atoms with Gasteiger partial charge in [-0.05, 0) is 38.5 Å². The standard InChI is InChI=1S/C21H29N3O5/c1-21(2,3)29-20(28)23-10-8-22(9-11-23)13-15-4-6-17(7-5-15)24-14-16(19(26)27)12-18(24)25/h4-7,16H,8-14H2,1-3H3,(H,26,27). The van der Waals surface area contributed by atoms with Gasteiger partial charge < -0.3 is 19.6 Å². The third kappa shape index (κ3) is 5.47. The van der Waals surface area contributed by atoms with E-state index in [2.05, 4.69) is 4.90 Å². The van der Waals surface area contributed by atoms with Crippen LogP contribution in [0, 0.1) is 5.92 Å². The number of hydrogen-bond donors (Lipinski definition) is 1. The van der Waals surface area contributed by atoms with Crippen molar-refractivity contribution in [2.24, 2.45) is 5.92 Å². The summed E-state index contributed by atoms with van der Waals surface area (Å²) in [7, 11) is 0. The number of rotatable bonds is 4. The summed E-state index contributed by atoms with van der Waals surface area (Å²) >= 11 is 0. The van der Waals surface area contributed by atoms with Gasteiger partial charge in [0, 0.05) is 51.4 Å². The maximum atomic E-state index is 12.2. The zero-order valence-electron chi connectivity index (χ0n) is 17.3. The summed E-state index contributed by atoms with van der Waals surface area (Å²) in [6.07, 6.45) is -0.213. The summed E-state index contributed by atoms with van der Waals surface area (Å²) in [6.45, 7) is 9.37. The Labute approximate surface area is 171 Å². The number of amides is 2. The van der Waals surface area contributed by atoms with Gasteiger partial charge in [-0.25, -0.2) is 4.79 Å². The Hall–Kier alpha value is -2.61. The minimum absolute atomic E-state index is 0.0546. The molecule has 1 aromatic rings. The van der Waals surface area contributed by atoms with Gasteiger partial charge in [-0.2, -0.15) is 0 Å². The molecule has 1 N–H and O–H groups in total. The van der Waals surface area contributed by atoms with Gasteiger partial charge in [-0.15, -0.1) is 0 Å². The monoisotopic (exact) mass is 403 g/mol. The third-order valence-electron chi connectivity index (χ3n) is 5.15. The molecule has 2 fully saturated rings. The van der Waals surface area contributed by atoms with Gasteiger partial charge in [0.15, 0.2) is 0 Å². The molecule has 2 heterocycles. The zero-order chi connectivity index (χ0) is 21.2. The predicted octanol–water partition coefficient (Wildman–Crippen LogP) is 2.18. The summed E-state index contributed by atoms with van der Waals surface area (Å²) < 4.78 is 5.42. The number of anilines is 1. The molecular weight excluding hydrogens is 374 g/mol. The smallest absolute Gasteiger partial charge is 0.410 e. The number of hydrogen-bond acceptors (Lipinski definition) is 5. The van der Waals surface area contributed by atoms with Crippen LogP contribution in [0.2, 0.25) is 0 Å². The first-order chi connectivity index (χ1) is 13.6. The molecule has 2 saturated heterocycles. The van der Waals surface area contributed by atoms with Crippen LogP contribution in [0.3, 0.4) is 0 Å². The van der Waals surface area contributed by atoms with Crippen LogP contribution in [-0.2, 0) is 20.9 Å². The van der Waals surface area contributed by atoms with E-state index in [9.17, 15) is 14.4 Å². The van der Waals surface area contributed by atoms with Gasteiger partial charge in [0.2, 0.25) is 5.91 Å². The molecule has 1 atom stereocenters. The van der Waals surface area contributed by atoms with Gasteiger partial charge in [-0.3, -0.25) is 14.5 Å². The number of carboxylic acid groups (broad SMARTS) is 1. The lowest BCUT2D eigenvalue weighted by Crippen LogP contribution is -2.49. The molecule has 1 unspecified atom stereocenters. The normalized spacial score (nSPS) is 20.8. The molecule has 0 spiro atoms. The number of carbonyl (C=O) groups excluding carboxylic acids is 2. The molecule has 0 radical (unpaired) electrons. The predicted molar refractivity (Wildman–Crippen MR) is 108 cm³/mol. The second kappa shape index (κ2) is 8.41.